The highest BCUT2D eigenvalue weighted by Crippen LogP contribution is 2.21. The Balaban J connectivity index is 2.39. The van der Waals surface area contributed by atoms with Gasteiger partial charge in [-0.05, 0) is 19.1 Å². The zero-order valence-electron chi connectivity index (χ0n) is 7.86. The summed E-state index contributed by atoms with van der Waals surface area (Å²) in [7, 11) is 0. The summed E-state index contributed by atoms with van der Waals surface area (Å²) in [6.07, 6.45) is 0.706. The molecule has 2 nitrogen and oxygen atoms in total. The maximum Gasteiger partial charge on any atom is 0.185 e. The Hall–Kier alpha value is -1.83. The number of hydrogen-bond donors (Lipinski definition) is 0. The van der Waals surface area contributed by atoms with E-state index in [1.165, 1.54) is 5.56 Å². The Morgan fingerprint density at radius 1 is 1.07 bits per heavy atom. The first-order valence-electron chi connectivity index (χ1n) is 4.41. The van der Waals surface area contributed by atoms with E-state index in [-0.39, 0.29) is 0 Å². The van der Waals surface area contributed by atoms with Gasteiger partial charge >= 0.3 is 0 Å². The number of aldehydes is 1. The van der Waals surface area contributed by atoms with Crippen LogP contribution < -0.4 is 0 Å². The molecular weight excluding hydrogens is 176 g/mol. The molecule has 0 spiro atoms. The molecular formula is C12H10O2. The molecule has 0 unspecified atom stereocenters. The molecule has 0 fully saturated rings. The van der Waals surface area contributed by atoms with Crippen LogP contribution in [-0.2, 0) is 0 Å². The van der Waals surface area contributed by atoms with Crippen LogP contribution in [0.25, 0.3) is 11.3 Å². The van der Waals surface area contributed by atoms with Crippen LogP contribution in [0.4, 0.5) is 0 Å². The van der Waals surface area contributed by atoms with Gasteiger partial charge in [-0.3, -0.25) is 4.79 Å². The number of benzene rings is 1. The maximum absolute atomic E-state index is 10.4. The molecule has 0 saturated carbocycles. The number of carbonyl (C=O) groups is 1. The molecule has 0 aliphatic rings. The Kier molecular flexibility index (Phi) is 2.19. The fourth-order valence-corrected chi connectivity index (χ4v) is 1.29. The summed E-state index contributed by atoms with van der Waals surface area (Å²) in [5.74, 6) is 1.09. The Morgan fingerprint density at radius 3 is 2.36 bits per heavy atom. The average Bonchev–Trinajstić information content (AvgIpc) is 2.67. The van der Waals surface area contributed by atoms with Gasteiger partial charge in [0.05, 0.1) is 0 Å². The Bertz CT molecular complexity index is 438. The molecule has 0 saturated heterocycles. The van der Waals surface area contributed by atoms with Gasteiger partial charge in [-0.1, -0.05) is 29.8 Å². The van der Waals surface area contributed by atoms with Gasteiger partial charge in [0.25, 0.3) is 0 Å². The molecule has 0 radical (unpaired) electrons. The molecule has 1 aromatic heterocycles. The van der Waals surface area contributed by atoms with Crippen molar-refractivity contribution in [3.63, 3.8) is 0 Å². The summed E-state index contributed by atoms with van der Waals surface area (Å²) < 4.78 is 5.29. The first-order chi connectivity index (χ1) is 6.79. The van der Waals surface area contributed by atoms with Gasteiger partial charge in [-0.2, -0.15) is 0 Å². The maximum atomic E-state index is 10.4. The van der Waals surface area contributed by atoms with E-state index in [1.807, 2.05) is 31.2 Å². The van der Waals surface area contributed by atoms with E-state index in [9.17, 15) is 4.79 Å². The number of aryl methyl sites for hydroxylation is 1. The third-order valence-corrected chi connectivity index (χ3v) is 2.08. The van der Waals surface area contributed by atoms with Gasteiger partial charge in [0.2, 0.25) is 0 Å². The van der Waals surface area contributed by atoms with Crippen LogP contribution in [0.2, 0.25) is 0 Å². The zero-order chi connectivity index (χ0) is 9.97. The van der Waals surface area contributed by atoms with Crippen molar-refractivity contribution in [3.05, 3.63) is 47.7 Å². The van der Waals surface area contributed by atoms with E-state index < -0.39 is 0 Å². The summed E-state index contributed by atoms with van der Waals surface area (Å²) >= 11 is 0. The van der Waals surface area contributed by atoms with Crippen LogP contribution in [0.15, 0.2) is 40.8 Å². The van der Waals surface area contributed by atoms with Gasteiger partial charge in [0.1, 0.15) is 5.76 Å². The van der Waals surface area contributed by atoms with Gasteiger partial charge < -0.3 is 4.42 Å². The van der Waals surface area contributed by atoms with Crippen molar-refractivity contribution in [2.75, 3.05) is 0 Å². The van der Waals surface area contributed by atoms with Crippen molar-refractivity contribution < 1.29 is 9.21 Å². The lowest BCUT2D eigenvalue weighted by molar-refractivity contribution is 0.110. The van der Waals surface area contributed by atoms with Crippen molar-refractivity contribution in [3.8, 4) is 11.3 Å². The largest absolute Gasteiger partial charge is 0.453 e. The number of carbonyl (C=O) groups excluding carboxylic acids is 1. The minimum Gasteiger partial charge on any atom is -0.453 e. The average molecular weight is 186 g/mol. The van der Waals surface area contributed by atoms with E-state index in [0.717, 1.165) is 11.3 Å². The standard InChI is InChI=1S/C12H10O2/c1-9-2-4-10(5-3-9)12-7-6-11(8-13)14-12/h2-8H,1H3. The van der Waals surface area contributed by atoms with Crippen molar-refractivity contribution in [1.29, 1.82) is 0 Å². The second-order valence-electron chi connectivity index (χ2n) is 3.19. The van der Waals surface area contributed by atoms with Crippen LogP contribution in [0.3, 0.4) is 0 Å². The van der Waals surface area contributed by atoms with Crippen molar-refractivity contribution in [2.24, 2.45) is 0 Å². The van der Waals surface area contributed by atoms with Gasteiger partial charge in [-0.15, -0.1) is 0 Å². The van der Waals surface area contributed by atoms with Crippen LogP contribution in [0.5, 0.6) is 0 Å². The third-order valence-electron chi connectivity index (χ3n) is 2.08. The quantitative estimate of drug-likeness (QED) is 0.674. The molecule has 0 aliphatic heterocycles. The second kappa shape index (κ2) is 3.50. The van der Waals surface area contributed by atoms with Crippen molar-refractivity contribution >= 4 is 6.29 Å². The molecule has 2 rings (SSSR count). The minimum atomic E-state index is 0.362. The molecule has 2 heteroatoms. The third kappa shape index (κ3) is 1.59. The highest BCUT2D eigenvalue weighted by molar-refractivity contribution is 5.72. The fourth-order valence-electron chi connectivity index (χ4n) is 1.29. The van der Waals surface area contributed by atoms with Crippen LogP contribution >= 0.6 is 0 Å². The van der Waals surface area contributed by atoms with E-state index in [4.69, 9.17) is 4.42 Å². The van der Waals surface area contributed by atoms with Gasteiger partial charge in [0, 0.05) is 5.56 Å². The number of hydrogen-bond acceptors (Lipinski definition) is 2. The molecule has 2 aromatic rings. The lowest BCUT2D eigenvalue weighted by Crippen LogP contribution is -1.75. The number of rotatable bonds is 2. The van der Waals surface area contributed by atoms with Gasteiger partial charge in [0.15, 0.2) is 12.0 Å². The lowest BCUT2D eigenvalue weighted by Gasteiger charge is -1.96. The molecule has 14 heavy (non-hydrogen) atoms. The van der Waals surface area contributed by atoms with E-state index >= 15 is 0 Å². The molecule has 0 bridgehead atoms. The summed E-state index contributed by atoms with van der Waals surface area (Å²) in [6.45, 7) is 2.03. The summed E-state index contributed by atoms with van der Waals surface area (Å²) in [4.78, 5) is 10.4. The lowest BCUT2D eigenvalue weighted by atomic mass is 10.1. The van der Waals surface area contributed by atoms with Crippen LogP contribution in [0, 0.1) is 6.92 Å². The SMILES string of the molecule is Cc1ccc(-c2ccc(C=O)o2)cc1. The Morgan fingerprint density at radius 2 is 1.79 bits per heavy atom. The van der Waals surface area contributed by atoms with E-state index in [0.29, 0.717) is 12.0 Å². The Labute approximate surface area is 82.2 Å². The fraction of sp³-hybridized carbons (Fsp3) is 0.0833. The second-order valence-corrected chi connectivity index (χ2v) is 3.19. The molecule has 1 aromatic carbocycles. The molecule has 0 aliphatic carbocycles. The predicted molar refractivity (Wildman–Crippen MR) is 54.3 cm³/mol. The molecule has 70 valence electrons. The molecule has 0 atom stereocenters. The molecule has 1 heterocycles. The topological polar surface area (TPSA) is 30.2 Å². The molecule has 0 amide bonds. The summed E-state index contributed by atoms with van der Waals surface area (Å²) in [6, 6.07) is 11.4. The minimum absolute atomic E-state index is 0.362. The smallest absolute Gasteiger partial charge is 0.185 e. The highest BCUT2D eigenvalue weighted by atomic mass is 16.3. The normalized spacial score (nSPS) is 10.1. The van der Waals surface area contributed by atoms with Crippen LogP contribution in [-0.4, -0.2) is 6.29 Å². The first kappa shape index (κ1) is 8.75. The predicted octanol–water partition coefficient (Wildman–Crippen LogP) is 3.07. The highest BCUT2D eigenvalue weighted by Gasteiger charge is 2.02. The van der Waals surface area contributed by atoms with Crippen molar-refractivity contribution in [1.82, 2.24) is 0 Å². The zero-order valence-corrected chi connectivity index (χ0v) is 7.86. The van der Waals surface area contributed by atoms with E-state index in [1.54, 1.807) is 12.1 Å². The summed E-state index contributed by atoms with van der Waals surface area (Å²) in [5, 5.41) is 0. The monoisotopic (exact) mass is 186 g/mol. The van der Waals surface area contributed by atoms with Gasteiger partial charge in [-0.25, -0.2) is 0 Å². The van der Waals surface area contributed by atoms with Crippen molar-refractivity contribution in [2.45, 2.75) is 6.92 Å². The summed E-state index contributed by atoms with van der Waals surface area (Å²) in [5.41, 5.74) is 2.19. The first-order valence-corrected chi connectivity index (χ1v) is 4.41. The molecule has 0 N–H and O–H groups in total. The van der Waals surface area contributed by atoms with E-state index in [2.05, 4.69) is 0 Å². The number of furan rings is 1. The van der Waals surface area contributed by atoms with Crippen LogP contribution in [0.1, 0.15) is 16.1 Å².